The van der Waals surface area contributed by atoms with Crippen LogP contribution < -0.4 is 10.6 Å². The first-order valence-corrected chi connectivity index (χ1v) is 9.09. The van der Waals surface area contributed by atoms with Crippen LogP contribution in [0.1, 0.15) is 32.1 Å². The van der Waals surface area contributed by atoms with Gasteiger partial charge in [-0.25, -0.2) is 4.79 Å². The van der Waals surface area contributed by atoms with E-state index in [-0.39, 0.29) is 18.7 Å². The Bertz CT molecular complexity index is 434. The summed E-state index contributed by atoms with van der Waals surface area (Å²) in [7, 11) is 0. The molecule has 22 heavy (non-hydrogen) atoms. The van der Waals surface area contributed by atoms with E-state index in [4.69, 9.17) is 5.11 Å². The second-order valence-corrected chi connectivity index (χ2v) is 6.98. The summed E-state index contributed by atoms with van der Waals surface area (Å²) in [6.45, 7) is 0.982. The molecule has 2 rings (SSSR count). The van der Waals surface area contributed by atoms with Gasteiger partial charge in [0.15, 0.2) is 0 Å². The highest BCUT2D eigenvalue weighted by Gasteiger charge is 2.21. The van der Waals surface area contributed by atoms with Crippen LogP contribution in [0.4, 0.5) is 4.79 Å². The van der Waals surface area contributed by atoms with Crippen LogP contribution in [0.3, 0.4) is 0 Å². The number of hydrogen-bond donors (Lipinski definition) is 3. The monoisotopic (exact) mass is 322 g/mol. The van der Waals surface area contributed by atoms with E-state index in [2.05, 4.69) is 22.8 Å². The van der Waals surface area contributed by atoms with Crippen molar-refractivity contribution in [1.29, 1.82) is 0 Å². The maximum atomic E-state index is 11.8. The van der Waals surface area contributed by atoms with Crippen molar-refractivity contribution in [3.8, 4) is 0 Å². The molecule has 5 heteroatoms. The summed E-state index contributed by atoms with van der Waals surface area (Å²) in [5.74, 6) is 1.43. The first-order valence-electron chi connectivity index (χ1n) is 8.11. The Morgan fingerprint density at radius 1 is 1.18 bits per heavy atom. The van der Waals surface area contributed by atoms with Gasteiger partial charge in [-0.3, -0.25) is 0 Å². The zero-order valence-corrected chi connectivity index (χ0v) is 13.8. The van der Waals surface area contributed by atoms with Crippen molar-refractivity contribution >= 4 is 17.8 Å². The summed E-state index contributed by atoms with van der Waals surface area (Å²) < 4.78 is 0. The van der Waals surface area contributed by atoms with Crippen LogP contribution in [0.2, 0.25) is 0 Å². The summed E-state index contributed by atoms with van der Waals surface area (Å²) in [6, 6.07) is 10.5. The molecule has 1 aliphatic carbocycles. The Morgan fingerprint density at radius 2 is 1.91 bits per heavy atom. The number of amides is 2. The van der Waals surface area contributed by atoms with Gasteiger partial charge in [0.1, 0.15) is 0 Å². The lowest BCUT2D eigenvalue weighted by molar-refractivity contribution is 0.174. The Kier molecular flexibility index (Phi) is 7.60. The van der Waals surface area contributed by atoms with Gasteiger partial charge >= 0.3 is 6.03 Å². The Balaban J connectivity index is 1.51. The molecule has 0 spiro atoms. The minimum Gasteiger partial charge on any atom is -0.396 e. The van der Waals surface area contributed by atoms with Crippen molar-refractivity contribution in [3.05, 3.63) is 30.3 Å². The Hall–Kier alpha value is -1.20. The number of benzene rings is 1. The standard InChI is InChI=1S/C17H26N2O2S/c20-13-14-7-9-15(10-8-14)19-17(21)18-11-4-12-22-16-5-2-1-3-6-16/h1-3,5-6,14-15,20H,4,7-13H2,(H2,18,19,21). The molecule has 0 saturated heterocycles. The quantitative estimate of drug-likeness (QED) is 0.534. The highest BCUT2D eigenvalue weighted by atomic mass is 32.2. The predicted octanol–water partition coefficient (Wildman–Crippen LogP) is 3.02. The number of rotatable bonds is 7. The molecule has 0 atom stereocenters. The van der Waals surface area contributed by atoms with Gasteiger partial charge in [-0.15, -0.1) is 11.8 Å². The number of urea groups is 1. The van der Waals surface area contributed by atoms with Gasteiger partial charge in [-0.2, -0.15) is 0 Å². The van der Waals surface area contributed by atoms with E-state index >= 15 is 0 Å². The van der Waals surface area contributed by atoms with Crippen molar-refractivity contribution in [1.82, 2.24) is 10.6 Å². The van der Waals surface area contributed by atoms with Crippen molar-refractivity contribution in [2.45, 2.75) is 43.0 Å². The molecule has 1 fully saturated rings. The Morgan fingerprint density at radius 3 is 2.59 bits per heavy atom. The van der Waals surface area contributed by atoms with Crippen LogP contribution in [-0.2, 0) is 0 Å². The third kappa shape index (κ3) is 6.28. The van der Waals surface area contributed by atoms with E-state index in [9.17, 15) is 4.79 Å². The SMILES string of the molecule is O=C(NCCCSc1ccccc1)NC1CCC(CO)CC1. The van der Waals surface area contributed by atoms with Gasteiger partial charge in [0.25, 0.3) is 0 Å². The lowest BCUT2D eigenvalue weighted by atomic mass is 9.87. The molecule has 0 heterocycles. The van der Waals surface area contributed by atoms with Gasteiger partial charge in [0, 0.05) is 24.1 Å². The van der Waals surface area contributed by atoms with Crippen LogP contribution >= 0.6 is 11.8 Å². The molecule has 1 aliphatic rings. The maximum Gasteiger partial charge on any atom is 0.315 e. The number of hydrogen-bond acceptors (Lipinski definition) is 3. The third-order valence-corrected chi connectivity index (χ3v) is 5.16. The molecule has 1 aromatic carbocycles. The number of thioether (sulfide) groups is 1. The molecule has 0 aromatic heterocycles. The van der Waals surface area contributed by atoms with Crippen LogP contribution in [-0.4, -0.2) is 36.1 Å². The minimum absolute atomic E-state index is 0.0582. The second kappa shape index (κ2) is 9.74. The van der Waals surface area contributed by atoms with Crippen LogP contribution in [0.25, 0.3) is 0 Å². The summed E-state index contributed by atoms with van der Waals surface area (Å²) >= 11 is 1.82. The highest BCUT2D eigenvalue weighted by Crippen LogP contribution is 2.23. The molecule has 3 N–H and O–H groups in total. The smallest absolute Gasteiger partial charge is 0.315 e. The molecule has 0 unspecified atom stereocenters. The van der Waals surface area contributed by atoms with Gasteiger partial charge in [-0.05, 0) is 55.9 Å². The zero-order chi connectivity index (χ0) is 15.6. The summed E-state index contributed by atoms with van der Waals surface area (Å²) in [5.41, 5.74) is 0. The second-order valence-electron chi connectivity index (χ2n) is 5.82. The molecular weight excluding hydrogens is 296 g/mol. The number of carbonyl (C=O) groups excluding carboxylic acids is 1. The van der Waals surface area contributed by atoms with Crippen LogP contribution in [0, 0.1) is 5.92 Å². The van der Waals surface area contributed by atoms with Gasteiger partial charge < -0.3 is 15.7 Å². The number of aliphatic hydroxyl groups is 1. The molecule has 2 amide bonds. The van der Waals surface area contributed by atoms with E-state index in [0.29, 0.717) is 12.5 Å². The lowest BCUT2D eigenvalue weighted by Gasteiger charge is -2.27. The van der Waals surface area contributed by atoms with Gasteiger partial charge in [0.05, 0.1) is 0 Å². The van der Waals surface area contributed by atoms with Crippen LogP contribution in [0.15, 0.2) is 35.2 Å². The zero-order valence-electron chi connectivity index (χ0n) is 13.0. The van der Waals surface area contributed by atoms with E-state index in [1.807, 2.05) is 30.0 Å². The molecule has 1 saturated carbocycles. The molecule has 0 aliphatic heterocycles. The topological polar surface area (TPSA) is 61.4 Å². The normalized spacial score (nSPS) is 21.3. The Labute approximate surface area is 137 Å². The van der Waals surface area contributed by atoms with Crippen molar-refractivity contribution in [3.63, 3.8) is 0 Å². The van der Waals surface area contributed by atoms with Gasteiger partial charge in [-0.1, -0.05) is 18.2 Å². The first kappa shape index (κ1) is 17.2. The average Bonchev–Trinajstić information content (AvgIpc) is 2.56. The van der Waals surface area contributed by atoms with E-state index in [1.54, 1.807) is 0 Å². The molecule has 0 radical (unpaired) electrons. The largest absolute Gasteiger partial charge is 0.396 e. The lowest BCUT2D eigenvalue weighted by Crippen LogP contribution is -2.44. The predicted molar refractivity (Wildman–Crippen MR) is 91.1 cm³/mol. The third-order valence-electron chi connectivity index (χ3n) is 4.06. The number of aliphatic hydroxyl groups excluding tert-OH is 1. The molecular formula is C17H26N2O2S. The fourth-order valence-electron chi connectivity index (χ4n) is 2.71. The van der Waals surface area contributed by atoms with Crippen molar-refractivity contribution in [2.75, 3.05) is 18.9 Å². The molecule has 0 bridgehead atoms. The fourth-order valence-corrected chi connectivity index (χ4v) is 3.58. The van der Waals surface area contributed by atoms with E-state index in [1.165, 1.54) is 4.90 Å². The summed E-state index contributed by atoms with van der Waals surface area (Å²) in [5, 5.41) is 15.1. The molecule has 4 nitrogen and oxygen atoms in total. The average molecular weight is 322 g/mol. The maximum absolute atomic E-state index is 11.8. The minimum atomic E-state index is -0.0582. The van der Waals surface area contributed by atoms with E-state index in [0.717, 1.165) is 37.9 Å². The number of carbonyl (C=O) groups is 1. The van der Waals surface area contributed by atoms with Crippen molar-refractivity contribution in [2.24, 2.45) is 5.92 Å². The van der Waals surface area contributed by atoms with E-state index < -0.39 is 0 Å². The molecule has 122 valence electrons. The van der Waals surface area contributed by atoms with Crippen LogP contribution in [0.5, 0.6) is 0 Å². The highest BCUT2D eigenvalue weighted by molar-refractivity contribution is 7.99. The summed E-state index contributed by atoms with van der Waals surface area (Å²) in [4.78, 5) is 13.1. The first-order chi connectivity index (χ1) is 10.8. The number of nitrogens with one attached hydrogen (secondary N) is 2. The van der Waals surface area contributed by atoms with Crippen molar-refractivity contribution < 1.29 is 9.90 Å². The fraction of sp³-hybridized carbons (Fsp3) is 0.588. The molecule has 1 aromatic rings. The van der Waals surface area contributed by atoms with Gasteiger partial charge in [0.2, 0.25) is 0 Å². The summed E-state index contributed by atoms with van der Waals surface area (Å²) in [6.07, 6.45) is 4.93.